The fourth-order valence-corrected chi connectivity index (χ4v) is 2.08. The number of benzene rings is 2. The molecule has 0 fully saturated rings. The van der Waals surface area contributed by atoms with Gasteiger partial charge in [0.25, 0.3) is 5.91 Å². The standard InChI is InChI=1S/C15H12ClFN2O3/c1-22-13-5-2-8(6-12(13)17)15(21)19-9-3-4-10(14(18)20)11(16)7-9/h2-7H,1H3,(H2,18,20)(H,19,21). The Labute approximate surface area is 130 Å². The van der Waals surface area contributed by atoms with E-state index in [1.165, 1.54) is 37.4 Å². The maximum Gasteiger partial charge on any atom is 0.255 e. The zero-order valence-corrected chi connectivity index (χ0v) is 12.3. The van der Waals surface area contributed by atoms with Gasteiger partial charge in [-0.25, -0.2) is 4.39 Å². The molecule has 22 heavy (non-hydrogen) atoms. The molecule has 0 unspecified atom stereocenters. The zero-order chi connectivity index (χ0) is 16.3. The second kappa shape index (κ2) is 6.44. The molecule has 0 spiro atoms. The molecule has 0 aliphatic carbocycles. The molecule has 2 aromatic rings. The van der Waals surface area contributed by atoms with Gasteiger partial charge in [-0.3, -0.25) is 9.59 Å². The van der Waals surface area contributed by atoms with Crippen LogP contribution in [0.3, 0.4) is 0 Å². The van der Waals surface area contributed by atoms with Crippen molar-refractivity contribution in [3.05, 3.63) is 58.4 Å². The molecular weight excluding hydrogens is 311 g/mol. The molecule has 3 N–H and O–H groups in total. The summed E-state index contributed by atoms with van der Waals surface area (Å²) in [5.41, 5.74) is 5.76. The van der Waals surface area contributed by atoms with Gasteiger partial charge < -0.3 is 15.8 Å². The number of primary amides is 1. The Morgan fingerprint density at radius 2 is 1.95 bits per heavy atom. The van der Waals surface area contributed by atoms with E-state index in [9.17, 15) is 14.0 Å². The van der Waals surface area contributed by atoms with Gasteiger partial charge in [0.2, 0.25) is 5.91 Å². The topological polar surface area (TPSA) is 81.4 Å². The molecule has 0 saturated heterocycles. The minimum Gasteiger partial charge on any atom is -0.494 e. The Hall–Kier alpha value is -2.60. The van der Waals surface area contributed by atoms with E-state index in [2.05, 4.69) is 5.32 Å². The highest BCUT2D eigenvalue weighted by Gasteiger charge is 2.12. The van der Waals surface area contributed by atoms with E-state index >= 15 is 0 Å². The number of ether oxygens (including phenoxy) is 1. The number of carbonyl (C=O) groups excluding carboxylic acids is 2. The largest absolute Gasteiger partial charge is 0.494 e. The third-order valence-corrected chi connectivity index (χ3v) is 3.22. The van der Waals surface area contributed by atoms with E-state index in [0.29, 0.717) is 5.69 Å². The van der Waals surface area contributed by atoms with Gasteiger partial charge in [0.15, 0.2) is 11.6 Å². The molecule has 2 amide bonds. The highest BCUT2D eigenvalue weighted by molar-refractivity contribution is 6.34. The average molecular weight is 323 g/mol. The Balaban J connectivity index is 2.20. The van der Waals surface area contributed by atoms with Crippen molar-refractivity contribution in [2.45, 2.75) is 0 Å². The first-order chi connectivity index (χ1) is 10.4. The number of hydrogen-bond donors (Lipinski definition) is 2. The molecule has 7 heteroatoms. The molecule has 2 aromatic carbocycles. The van der Waals surface area contributed by atoms with Gasteiger partial charge in [-0.15, -0.1) is 0 Å². The second-order valence-corrected chi connectivity index (χ2v) is 4.77. The van der Waals surface area contributed by atoms with Crippen LogP contribution < -0.4 is 15.8 Å². The van der Waals surface area contributed by atoms with E-state index in [0.717, 1.165) is 6.07 Å². The lowest BCUT2D eigenvalue weighted by molar-refractivity contribution is 0.0998. The quantitative estimate of drug-likeness (QED) is 0.908. The molecule has 0 saturated carbocycles. The smallest absolute Gasteiger partial charge is 0.255 e. The Bertz CT molecular complexity index is 750. The molecule has 0 aliphatic rings. The second-order valence-electron chi connectivity index (χ2n) is 4.36. The summed E-state index contributed by atoms with van der Waals surface area (Å²) in [4.78, 5) is 23.1. The van der Waals surface area contributed by atoms with Crippen LogP contribution in [-0.4, -0.2) is 18.9 Å². The lowest BCUT2D eigenvalue weighted by atomic mass is 10.1. The number of methoxy groups -OCH3 is 1. The lowest BCUT2D eigenvalue weighted by Crippen LogP contribution is -2.14. The van der Waals surface area contributed by atoms with E-state index < -0.39 is 17.6 Å². The van der Waals surface area contributed by atoms with Crippen LogP contribution in [0, 0.1) is 5.82 Å². The number of rotatable bonds is 4. The fourth-order valence-electron chi connectivity index (χ4n) is 1.80. The number of carbonyl (C=O) groups is 2. The van der Waals surface area contributed by atoms with Crippen LogP contribution in [0.15, 0.2) is 36.4 Å². The van der Waals surface area contributed by atoms with E-state index in [1.807, 2.05) is 0 Å². The van der Waals surface area contributed by atoms with Gasteiger partial charge in [0.1, 0.15) is 0 Å². The summed E-state index contributed by atoms with van der Waals surface area (Å²) in [7, 11) is 1.33. The number of anilines is 1. The first-order valence-electron chi connectivity index (χ1n) is 6.16. The van der Waals surface area contributed by atoms with Crippen molar-refractivity contribution in [1.29, 1.82) is 0 Å². The maximum absolute atomic E-state index is 13.6. The van der Waals surface area contributed by atoms with Crippen LogP contribution in [0.5, 0.6) is 5.75 Å². The summed E-state index contributed by atoms with van der Waals surface area (Å²) in [5, 5.41) is 2.66. The SMILES string of the molecule is COc1ccc(C(=O)Nc2ccc(C(N)=O)c(Cl)c2)cc1F. The molecule has 0 heterocycles. The molecule has 0 aliphatic heterocycles. The Morgan fingerprint density at radius 3 is 2.50 bits per heavy atom. The van der Waals surface area contributed by atoms with Crippen LogP contribution in [-0.2, 0) is 0 Å². The number of halogens is 2. The van der Waals surface area contributed by atoms with Crippen LogP contribution in [0.25, 0.3) is 0 Å². The molecule has 0 aromatic heterocycles. The predicted molar refractivity (Wildman–Crippen MR) is 80.9 cm³/mol. The fraction of sp³-hybridized carbons (Fsp3) is 0.0667. The monoisotopic (exact) mass is 322 g/mol. The molecular formula is C15H12ClFN2O3. The molecule has 0 atom stereocenters. The molecule has 2 rings (SSSR count). The molecule has 0 radical (unpaired) electrons. The van der Waals surface area contributed by atoms with Crippen LogP contribution in [0.1, 0.15) is 20.7 Å². The summed E-state index contributed by atoms with van der Waals surface area (Å²) in [6, 6.07) is 8.11. The molecule has 0 bridgehead atoms. The highest BCUT2D eigenvalue weighted by atomic mass is 35.5. The van der Waals surface area contributed by atoms with E-state index in [4.69, 9.17) is 22.1 Å². The van der Waals surface area contributed by atoms with E-state index in [1.54, 1.807) is 0 Å². The van der Waals surface area contributed by atoms with Crippen molar-refractivity contribution in [1.82, 2.24) is 0 Å². The molecule has 114 valence electrons. The lowest BCUT2D eigenvalue weighted by Gasteiger charge is -2.08. The normalized spacial score (nSPS) is 10.1. The van der Waals surface area contributed by atoms with Crippen molar-refractivity contribution in [2.24, 2.45) is 5.73 Å². The molecule has 5 nitrogen and oxygen atoms in total. The predicted octanol–water partition coefficient (Wildman–Crippen LogP) is 2.84. The van der Waals surface area contributed by atoms with Gasteiger partial charge in [-0.2, -0.15) is 0 Å². The van der Waals surface area contributed by atoms with Gasteiger partial charge in [-0.1, -0.05) is 11.6 Å². The minimum atomic E-state index is -0.667. The van der Waals surface area contributed by atoms with Gasteiger partial charge in [-0.05, 0) is 36.4 Å². The average Bonchev–Trinajstić information content (AvgIpc) is 2.46. The summed E-state index contributed by atoms with van der Waals surface area (Å²) < 4.78 is 18.4. The van der Waals surface area contributed by atoms with Crippen LogP contribution in [0.2, 0.25) is 5.02 Å². The van der Waals surface area contributed by atoms with Crippen LogP contribution in [0.4, 0.5) is 10.1 Å². The van der Waals surface area contributed by atoms with Crippen molar-refractivity contribution in [3.63, 3.8) is 0 Å². The minimum absolute atomic E-state index is 0.0467. The van der Waals surface area contributed by atoms with Crippen molar-refractivity contribution in [2.75, 3.05) is 12.4 Å². The maximum atomic E-state index is 13.6. The summed E-state index contributed by atoms with van der Waals surface area (Å²) in [5.74, 6) is -1.78. The van der Waals surface area contributed by atoms with Gasteiger partial charge >= 0.3 is 0 Å². The third-order valence-electron chi connectivity index (χ3n) is 2.91. The van der Waals surface area contributed by atoms with E-state index in [-0.39, 0.29) is 21.9 Å². The highest BCUT2D eigenvalue weighted by Crippen LogP contribution is 2.22. The first kappa shape index (κ1) is 15.8. The van der Waals surface area contributed by atoms with Crippen LogP contribution >= 0.6 is 11.6 Å². The number of nitrogens with two attached hydrogens (primary N) is 1. The summed E-state index contributed by atoms with van der Waals surface area (Å²) in [6.07, 6.45) is 0. The Morgan fingerprint density at radius 1 is 1.23 bits per heavy atom. The number of amides is 2. The van der Waals surface area contributed by atoms with Crippen molar-refractivity contribution < 1.29 is 18.7 Å². The third kappa shape index (κ3) is 3.35. The zero-order valence-electron chi connectivity index (χ0n) is 11.5. The Kier molecular flexibility index (Phi) is 4.62. The first-order valence-corrected chi connectivity index (χ1v) is 6.54. The van der Waals surface area contributed by atoms with Gasteiger partial charge in [0, 0.05) is 11.3 Å². The number of nitrogens with one attached hydrogen (secondary N) is 1. The summed E-state index contributed by atoms with van der Waals surface area (Å²) >= 11 is 5.89. The van der Waals surface area contributed by atoms with Gasteiger partial charge in [0.05, 0.1) is 17.7 Å². The number of hydrogen-bond acceptors (Lipinski definition) is 3. The van der Waals surface area contributed by atoms with Crippen molar-refractivity contribution in [3.8, 4) is 5.75 Å². The summed E-state index contributed by atoms with van der Waals surface area (Å²) in [6.45, 7) is 0. The van der Waals surface area contributed by atoms with Crippen molar-refractivity contribution >= 4 is 29.1 Å².